The Bertz CT molecular complexity index is 426. The Kier molecular flexibility index (Phi) is 3.46. The zero-order valence-corrected chi connectivity index (χ0v) is 11.6. The summed E-state index contributed by atoms with van der Waals surface area (Å²) >= 11 is 3.15. The highest BCUT2D eigenvalue weighted by atomic mass is 79.9. The molecule has 2 rings (SSSR count). The molecule has 1 aromatic rings. The standard InChI is InChI=1S/C13H17BrFNO/c1-3-13(2)11(16)7-12(13)17-8-4-5-10(15)9(14)6-8/h4-6,11-12H,3,7,16H2,1-2H3. The van der Waals surface area contributed by atoms with Crippen LogP contribution in [-0.2, 0) is 0 Å². The summed E-state index contributed by atoms with van der Waals surface area (Å²) in [5.41, 5.74) is 6.04. The van der Waals surface area contributed by atoms with E-state index in [-0.39, 0.29) is 23.4 Å². The van der Waals surface area contributed by atoms with Crippen molar-refractivity contribution in [3.63, 3.8) is 0 Å². The lowest BCUT2D eigenvalue weighted by atomic mass is 9.62. The molecule has 1 aromatic carbocycles. The smallest absolute Gasteiger partial charge is 0.137 e. The number of nitrogens with two attached hydrogens (primary N) is 1. The third-order valence-electron chi connectivity index (χ3n) is 3.98. The van der Waals surface area contributed by atoms with Crippen molar-refractivity contribution in [2.75, 3.05) is 0 Å². The van der Waals surface area contributed by atoms with Gasteiger partial charge in [0.2, 0.25) is 0 Å². The van der Waals surface area contributed by atoms with Gasteiger partial charge in [-0.25, -0.2) is 4.39 Å². The molecule has 94 valence electrons. The molecule has 1 aliphatic rings. The summed E-state index contributed by atoms with van der Waals surface area (Å²) in [6.45, 7) is 4.26. The molecule has 0 heterocycles. The van der Waals surface area contributed by atoms with Crippen molar-refractivity contribution >= 4 is 15.9 Å². The van der Waals surface area contributed by atoms with Crippen LogP contribution in [0, 0.1) is 11.2 Å². The fraction of sp³-hybridized carbons (Fsp3) is 0.538. The van der Waals surface area contributed by atoms with E-state index in [1.165, 1.54) is 6.07 Å². The van der Waals surface area contributed by atoms with Crippen LogP contribution in [0.3, 0.4) is 0 Å². The molecule has 3 atom stereocenters. The zero-order chi connectivity index (χ0) is 12.6. The van der Waals surface area contributed by atoms with E-state index in [4.69, 9.17) is 10.5 Å². The van der Waals surface area contributed by atoms with Gasteiger partial charge in [0.25, 0.3) is 0 Å². The molecular weight excluding hydrogens is 285 g/mol. The second kappa shape index (κ2) is 4.58. The van der Waals surface area contributed by atoms with Crippen molar-refractivity contribution < 1.29 is 9.13 Å². The molecule has 1 aliphatic carbocycles. The minimum atomic E-state index is -0.277. The molecule has 0 radical (unpaired) electrons. The van der Waals surface area contributed by atoms with Crippen molar-refractivity contribution in [3.05, 3.63) is 28.5 Å². The highest BCUT2D eigenvalue weighted by molar-refractivity contribution is 9.10. The number of halogens is 2. The average Bonchev–Trinajstić information content (AvgIpc) is 2.32. The Hall–Kier alpha value is -0.610. The Morgan fingerprint density at radius 1 is 1.59 bits per heavy atom. The van der Waals surface area contributed by atoms with Crippen LogP contribution in [-0.4, -0.2) is 12.1 Å². The third kappa shape index (κ3) is 2.20. The van der Waals surface area contributed by atoms with Crippen molar-refractivity contribution in [1.29, 1.82) is 0 Å². The number of hydrogen-bond acceptors (Lipinski definition) is 2. The van der Waals surface area contributed by atoms with Gasteiger partial charge in [-0.1, -0.05) is 13.8 Å². The van der Waals surface area contributed by atoms with Crippen LogP contribution < -0.4 is 10.5 Å². The molecule has 17 heavy (non-hydrogen) atoms. The zero-order valence-electron chi connectivity index (χ0n) is 10.0. The van der Waals surface area contributed by atoms with E-state index in [0.29, 0.717) is 10.2 Å². The van der Waals surface area contributed by atoms with Crippen LogP contribution >= 0.6 is 15.9 Å². The number of rotatable bonds is 3. The predicted octanol–water partition coefficient (Wildman–Crippen LogP) is 3.48. The highest BCUT2D eigenvalue weighted by Gasteiger charge is 2.50. The molecule has 0 saturated heterocycles. The summed E-state index contributed by atoms with van der Waals surface area (Å²) in [6, 6.07) is 4.91. The molecule has 3 unspecified atom stereocenters. The van der Waals surface area contributed by atoms with Gasteiger partial charge in [-0.3, -0.25) is 0 Å². The van der Waals surface area contributed by atoms with Gasteiger partial charge in [0.1, 0.15) is 17.7 Å². The van der Waals surface area contributed by atoms with Crippen LogP contribution in [0.2, 0.25) is 0 Å². The maximum atomic E-state index is 13.1. The van der Waals surface area contributed by atoms with Gasteiger partial charge in [-0.05, 0) is 40.5 Å². The van der Waals surface area contributed by atoms with Crippen LogP contribution in [0.1, 0.15) is 26.7 Å². The van der Waals surface area contributed by atoms with E-state index in [1.807, 2.05) is 0 Å². The van der Waals surface area contributed by atoms with Gasteiger partial charge >= 0.3 is 0 Å². The average molecular weight is 302 g/mol. The largest absolute Gasteiger partial charge is 0.490 e. The summed E-state index contributed by atoms with van der Waals surface area (Å²) in [6.07, 6.45) is 1.97. The molecule has 0 aliphatic heterocycles. The lowest BCUT2D eigenvalue weighted by Gasteiger charge is -2.51. The summed E-state index contributed by atoms with van der Waals surface area (Å²) in [5, 5.41) is 0. The lowest BCUT2D eigenvalue weighted by Crippen LogP contribution is -2.61. The molecule has 0 amide bonds. The molecule has 1 saturated carbocycles. The SMILES string of the molecule is CCC1(C)C(N)CC1Oc1ccc(F)c(Br)c1. The van der Waals surface area contributed by atoms with E-state index in [9.17, 15) is 4.39 Å². The molecule has 0 bridgehead atoms. The fourth-order valence-electron chi connectivity index (χ4n) is 2.23. The molecule has 2 N–H and O–H groups in total. The van der Waals surface area contributed by atoms with Gasteiger partial charge in [-0.2, -0.15) is 0 Å². The minimum Gasteiger partial charge on any atom is -0.490 e. The predicted molar refractivity (Wildman–Crippen MR) is 69.5 cm³/mol. The minimum absolute atomic E-state index is 0.0286. The quantitative estimate of drug-likeness (QED) is 0.927. The van der Waals surface area contributed by atoms with Gasteiger partial charge in [0.05, 0.1) is 4.47 Å². The second-order valence-electron chi connectivity index (χ2n) is 4.88. The van der Waals surface area contributed by atoms with Crippen molar-refractivity contribution in [2.45, 2.75) is 38.8 Å². The van der Waals surface area contributed by atoms with Crippen LogP contribution in [0.4, 0.5) is 4.39 Å². The second-order valence-corrected chi connectivity index (χ2v) is 5.74. The summed E-state index contributed by atoms with van der Waals surface area (Å²) in [5.74, 6) is 0.413. The first-order valence-corrected chi connectivity index (χ1v) is 6.64. The fourth-order valence-corrected chi connectivity index (χ4v) is 2.59. The Morgan fingerprint density at radius 2 is 2.29 bits per heavy atom. The molecular formula is C13H17BrFNO. The van der Waals surface area contributed by atoms with Crippen LogP contribution in [0.5, 0.6) is 5.75 Å². The highest BCUT2D eigenvalue weighted by Crippen LogP contribution is 2.45. The maximum absolute atomic E-state index is 13.1. The summed E-state index contributed by atoms with van der Waals surface area (Å²) in [4.78, 5) is 0. The molecule has 0 aromatic heterocycles. The van der Waals surface area contributed by atoms with Crippen molar-refractivity contribution in [2.24, 2.45) is 11.1 Å². The Morgan fingerprint density at radius 3 is 2.82 bits per heavy atom. The van der Waals surface area contributed by atoms with E-state index in [2.05, 4.69) is 29.8 Å². The van der Waals surface area contributed by atoms with E-state index in [0.717, 1.165) is 12.8 Å². The number of ether oxygens (including phenoxy) is 1. The summed E-state index contributed by atoms with van der Waals surface area (Å²) in [7, 11) is 0. The number of hydrogen-bond donors (Lipinski definition) is 1. The van der Waals surface area contributed by atoms with Crippen LogP contribution in [0.15, 0.2) is 22.7 Å². The lowest BCUT2D eigenvalue weighted by molar-refractivity contribution is -0.0560. The van der Waals surface area contributed by atoms with Crippen molar-refractivity contribution in [3.8, 4) is 5.75 Å². The van der Waals surface area contributed by atoms with Gasteiger partial charge in [0, 0.05) is 17.9 Å². The summed E-state index contributed by atoms with van der Waals surface area (Å²) < 4.78 is 19.4. The topological polar surface area (TPSA) is 35.2 Å². The first-order valence-electron chi connectivity index (χ1n) is 5.84. The third-order valence-corrected chi connectivity index (χ3v) is 4.59. The first-order chi connectivity index (χ1) is 7.97. The monoisotopic (exact) mass is 301 g/mol. The van der Waals surface area contributed by atoms with E-state index in [1.54, 1.807) is 12.1 Å². The molecule has 2 nitrogen and oxygen atoms in total. The van der Waals surface area contributed by atoms with Gasteiger partial charge < -0.3 is 10.5 Å². The molecule has 1 fully saturated rings. The van der Waals surface area contributed by atoms with Crippen LogP contribution in [0.25, 0.3) is 0 Å². The van der Waals surface area contributed by atoms with E-state index < -0.39 is 0 Å². The van der Waals surface area contributed by atoms with Gasteiger partial charge in [0.15, 0.2) is 0 Å². The Labute approximate surface area is 109 Å². The number of benzene rings is 1. The first kappa shape index (κ1) is 12.8. The van der Waals surface area contributed by atoms with E-state index >= 15 is 0 Å². The molecule has 4 heteroatoms. The van der Waals surface area contributed by atoms with Crippen molar-refractivity contribution in [1.82, 2.24) is 0 Å². The van der Waals surface area contributed by atoms with Gasteiger partial charge in [-0.15, -0.1) is 0 Å². The Balaban J connectivity index is 2.09. The molecule has 0 spiro atoms. The maximum Gasteiger partial charge on any atom is 0.137 e. The normalized spacial score (nSPS) is 32.1.